The van der Waals surface area contributed by atoms with Gasteiger partial charge in [-0.05, 0) is 37.5 Å². The van der Waals surface area contributed by atoms with E-state index in [1.165, 1.54) is 6.08 Å². The Labute approximate surface area is 95.8 Å². The van der Waals surface area contributed by atoms with Crippen LogP contribution in [0.5, 0.6) is 0 Å². The quantitative estimate of drug-likeness (QED) is 0.724. The van der Waals surface area contributed by atoms with Crippen LogP contribution in [0.1, 0.15) is 31.4 Å². The summed E-state index contributed by atoms with van der Waals surface area (Å²) in [6.07, 6.45) is 7.16. The Morgan fingerprint density at radius 2 is 2.44 bits per heavy atom. The molecule has 1 saturated carbocycles. The standard InChI is InChI=1S/C13H16N2O/c1-3-13(16)15(12-6-7-12)10(2)11-5-4-8-14-9-11/h3-5,8-10,12H,1,6-7H2,2H3. The highest BCUT2D eigenvalue weighted by atomic mass is 16.2. The maximum Gasteiger partial charge on any atom is 0.246 e. The normalized spacial score (nSPS) is 16.6. The van der Waals surface area contributed by atoms with Crippen molar-refractivity contribution in [3.8, 4) is 0 Å². The highest BCUT2D eigenvalue weighted by Gasteiger charge is 2.35. The number of aromatic nitrogens is 1. The number of pyridine rings is 1. The van der Waals surface area contributed by atoms with Gasteiger partial charge in [-0.25, -0.2) is 0 Å². The summed E-state index contributed by atoms with van der Waals surface area (Å²) >= 11 is 0. The molecular formula is C13H16N2O. The average molecular weight is 216 g/mol. The lowest BCUT2D eigenvalue weighted by Gasteiger charge is -2.28. The largest absolute Gasteiger partial charge is 0.329 e. The van der Waals surface area contributed by atoms with Crippen LogP contribution in [0.15, 0.2) is 37.2 Å². The Morgan fingerprint density at radius 1 is 1.69 bits per heavy atom. The minimum atomic E-state index is 0.0128. The summed E-state index contributed by atoms with van der Waals surface area (Å²) < 4.78 is 0. The fraction of sp³-hybridized carbons (Fsp3) is 0.385. The number of amides is 1. The summed E-state index contributed by atoms with van der Waals surface area (Å²) in [5.74, 6) is 0.0128. The molecule has 1 atom stereocenters. The fourth-order valence-electron chi connectivity index (χ4n) is 1.93. The molecule has 1 aliphatic carbocycles. The van der Waals surface area contributed by atoms with Crippen LogP contribution in [0.2, 0.25) is 0 Å². The second-order valence-corrected chi connectivity index (χ2v) is 4.14. The van der Waals surface area contributed by atoms with Gasteiger partial charge in [0.15, 0.2) is 0 Å². The fourth-order valence-corrected chi connectivity index (χ4v) is 1.93. The zero-order chi connectivity index (χ0) is 11.5. The molecular weight excluding hydrogens is 200 g/mol. The summed E-state index contributed by atoms with van der Waals surface area (Å²) in [7, 11) is 0. The SMILES string of the molecule is C=CC(=O)N(C1CC1)C(C)c1cccnc1. The van der Waals surface area contributed by atoms with Gasteiger partial charge in [-0.2, -0.15) is 0 Å². The molecule has 1 aromatic rings. The molecule has 0 N–H and O–H groups in total. The third kappa shape index (κ3) is 2.13. The van der Waals surface area contributed by atoms with Crippen molar-refractivity contribution in [1.82, 2.24) is 9.88 Å². The van der Waals surface area contributed by atoms with Gasteiger partial charge < -0.3 is 4.90 Å². The van der Waals surface area contributed by atoms with Gasteiger partial charge in [-0.15, -0.1) is 0 Å². The molecule has 2 rings (SSSR count). The van der Waals surface area contributed by atoms with Crippen molar-refractivity contribution in [2.24, 2.45) is 0 Å². The van der Waals surface area contributed by atoms with Crippen LogP contribution in [0.25, 0.3) is 0 Å². The zero-order valence-corrected chi connectivity index (χ0v) is 9.47. The van der Waals surface area contributed by atoms with E-state index >= 15 is 0 Å². The van der Waals surface area contributed by atoms with E-state index in [2.05, 4.69) is 11.6 Å². The predicted octanol–water partition coefficient (Wildman–Crippen LogP) is 2.32. The van der Waals surface area contributed by atoms with Gasteiger partial charge >= 0.3 is 0 Å². The number of carbonyl (C=O) groups is 1. The topological polar surface area (TPSA) is 33.2 Å². The number of hydrogen-bond acceptors (Lipinski definition) is 2. The summed E-state index contributed by atoms with van der Waals surface area (Å²) in [6, 6.07) is 4.37. The van der Waals surface area contributed by atoms with E-state index in [-0.39, 0.29) is 11.9 Å². The van der Waals surface area contributed by atoms with Crippen LogP contribution in [0, 0.1) is 0 Å². The second kappa shape index (κ2) is 4.47. The molecule has 1 amide bonds. The van der Waals surface area contributed by atoms with Gasteiger partial charge in [-0.3, -0.25) is 9.78 Å². The molecule has 1 aromatic heterocycles. The summed E-state index contributed by atoms with van der Waals surface area (Å²) in [6.45, 7) is 5.60. The summed E-state index contributed by atoms with van der Waals surface area (Å²) in [5, 5.41) is 0. The van der Waals surface area contributed by atoms with Gasteiger partial charge in [0.1, 0.15) is 0 Å². The average Bonchev–Trinajstić information content (AvgIpc) is 3.14. The van der Waals surface area contributed by atoms with Crippen molar-refractivity contribution in [2.75, 3.05) is 0 Å². The van der Waals surface area contributed by atoms with E-state index in [9.17, 15) is 4.79 Å². The van der Waals surface area contributed by atoms with Crippen LogP contribution in [-0.2, 0) is 4.79 Å². The molecule has 1 unspecified atom stereocenters. The van der Waals surface area contributed by atoms with E-state index in [0.717, 1.165) is 18.4 Å². The van der Waals surface area contributed by atoms with Crippen molar-refractivity contribution in [3.05, 3.63) is 42.7 Å². The summed E-state index contributed by atoms with van der Waals surface area (Å²) in [4.78, 5) is 17.8. The first-order valence-corrected chi connectivity index (χ1v) is 5.58. The molecule has 0 aliphatic heterocycles. The molecule has 3 nitrogen and oxygen atoms in total. The molecule has 1 heterocycles. The predicted molar refractivity (Wildman–Crippen MR) is 62.7 cm³/mol. The maximum absolute atomic E-state index is 11.8. The lowest BCUT2D eigenvalue weighted by atomic mass is 10.1. The molecule has 0 aromatic carbocycles. The van der Waals surface area contributed by atoms with Crippen molar-refractivity contribution in [2.45, 2.75) is 31.8 Å². The molecule has 0 spiro atoms. The van der Waals surface area contributed by atoms with Crippen molar-refractivity contribution >= 4 is 5.91 Å². The lowest BCUT2D eigenvalue weighted by Crippen LogP contribution is -2.34. The molecule has 3 heteroatoms. The van der Waals surface area contributed by atoms with Crippen LogP contribution in [-0.4, -0.2) is 21.8 Å². The highest BCUT2D eigenvalue weighted by Crippen LogP contribution is 2.34. The van der Waals surface area contributed by atoms with E-state index in [1.54, 1.807) is 6.20 Å². The molecule has 16 heavy (non-hydrogen) atoms. The third-order valence-electron chi connectivity index (χ3n) is 2.95. The van der Waals surface area contributed by atoms with Crippen LogP contribution < -0.4 is 0 Å². The third-order valence-corrected chi connectivity index (χ3v) is 2.95. The first-order chi connectivity index (χ1) is 7.74. The minimum Gasteiger partial charge on any atom is -0.329 e. The molecule has 84 valence electrons. The van der Waals surface area contributed by atoms with Crippen LogP contribution >= 0.6 is 0 Å². The van der Waals surface area contributed by atoms with E-state index in [4.69, 9.17) is 0 Å². The van der Waals surface area contributed by atoms with Gasteiger partial charge in [0.05, 0.1) is 6.04 Å². The molecule has 1 fully saturated rings. The molecule has 0 bridgehead atoms. The van der Waals surface area contributed by atoms with Gasteiger partial charge in [0.25, 0.3) is 0 Å². The van der Waals surface area contributed by atoms with Crippen LogP contribution in [0.3, 0.4) is 0 Å². The number of carbonyl (C=O) groups excluding carboxylic acids is 1. The maximum atomic E-state index is 11.8. The van der Waals surface area contributed by atoms with Gasteiger partial charge in [-0.1, -0.05) is 12.6 Å². The molecule has 0 radical (unpaired) electrons. The Morgan fingerprint density at radius 3 is 2.94 bits per heavy atom. The van der Waals surface area contributed by atoms with Crippen LogP contribution in [0.4, 0.5) is 0 Å². The smallest absolute Gasteiger partial charge is 0.246 e. The number of nitrogens with zero attached hydrogens (tertiary/aromatic N) is 2. The van der Waals surface area contributed by atoms with E-state index < -0.39 is 0 Å². The first kappa shape index (κ1) is 10.9. The molecule has 0 saturated heterocycles. The minimum absolute atomic E-state index is 0.0128. The van der Waals surface area contributed by atoms with E-state index in [1.807, 2.05) is 30.2 Å². The monoisotopic (exact) mass is 216 g/mol. The van der Waals surface area contributed by atoms with Gasteiger partial charge in [0.2, 0.25) is 5.91 Å². The Hall–Kier alpha value is -1.64. The Kier molecular flexibility index (Phi) is 3.04. The zero-order valence-electron chi connectivity index (χ0n) is 9.47. The van der Waals surface area contributed by atoms with Crippen molar-refractivity contribution in [1.29, 1.82) is 0 Å². The Bertz CT molecular complexity index is 384. The van der Waals surface area contributed by atoms with Crippen molar-refractivity contribution in [3.63, 3.8) is 0 Å². The Balaban J connectivity index is 2.20. The van der Waals surface area contributed by atoms with Crippen molar-refractivity contribution < 1.29 is 4.79 Å². The second-order valence-electron chi connectivity index (χ2n) is 4.14. The lowest BCUT2D eigenvalue weighted by molar-refractivity contribution is -0.128. The highest BCUT2D eigenvalue weighted by molar-refractivity contribution is 5.87. The number of hydrogen-bond donors (Lipinski definition) is 0. The van der Waals surface area contributed by atoms with Gasteiger partial charge in [0, 0.05) is 18.4 Å². The first-order valence-electron chi connectivity index (χ1n) is 5.58. The number of rotatable bonds is 4. The van der Waals surface area contributed by atoms with E-state index in [0.29, 0.717) is 6.04 Å². The molecule has 1 aliphatic rings. The summed E-state index contributed by atoms with van der Waals surface area (Å²) in [5.41, 5.74) is 1.07.